The Morgan fingerprint density at radius 3 is 2.65 bits per heavy atom. The van der Waals surface area contributed by atoms with Crippen LogP contribution >= 0.6 is 27.5 Å². The molecule has 0 saturated carbocycles. The van der Waals surface area contributed by atoms with Crippen molar-refractivity contribution < 1.29 is 4.39 Å². The molecule has 2 aromatic rings. The second-order valence-electron chi connectivity index (χ2n) is 3.61. The summed E-state index contributed by atoms with van der Waals surface area (Å²) in [4.78, 5) is 0. The number of benzene rings is 2. The number of para-hydroxylation sites is 1. The molecule has 17 heavy (non-hydrogen) atoms. The Morgan fingerprint density at radius 1 is 1.18 bits per heavy atom. The predicted octanol–water partition coefficient (Wildman–Crippen LogP) is 4.85. The highest BCUT2D eigenvalue weighted by Gasteiger charge is 2.01. The van der Waals surface area contributed by atoms with E-state index in [1.54, 1.807) is 0 Å². The average Bonchev–Trinajstić information content (AvgIpc) is 2.27. The molecule has 2 aromatic carbocycles. The summed E-state index contributed by atoms with van der Waals surface area (Å²) >= 11 is 9.27. The molecule has 0 unspecified atom stereocenters. The van der Waals surface area contributed by atoms with Crippen LogP contribution in [-0.4, -0.2) is 0 Å². The molecule has 1 nitrogen and oxygen atoms in total. The van der Waals surface area contributed by atoms with E-state index < -0.39 is 0 Å². The Labute approximate surface area is 113 Å². The molecular formula is C13H10BrClFN. The van der Waals surface area contributed by atoms with Crippen LogP contribution in [0, 0.1) is 5.82 Å². The van der Waals surface area contributed by atoms with E-state index in [9.17, 15) is 4.39 Å². The van der Waals surface area contributed by atoms with Crippen molar-refractivity contribution in [1.29, 1.82) is 0 Å². The lowest BCUT2D eigenvalue weighted by molar-refractivity contribution is 0.625. The maximum Gasteiger partial charge on any atom is 0.124 e. The van der Waals surface area contributed by atoms with Crippen molar-refractivity contribution in [2.24, 2.45) is 0 Å². The Hall–Kier alpha value is -1.06. The summed E-state index contributed by atoms with van der Waals surface area (Å²) in [6, 6.07) is 12.3. The largest absolute Gasteiger partial charge is 0.380 e. The third-order valence-corrected chi connectivity index (χ3v) is 3.07. The van der Waals surface area contributed by atoms with Crippen LogP contribution in [0.2, 0.25) is 5.02 Å². The molecule has 0 radical (unpaired) electrons. The van der Waals surface area contributed by atoms with Crippen molar-refractivity contribution in [3.05, 3.63) is 63.3 Å². The number of hydrogen-bond donors (Lipinski definition) is 1. The minimum absolute atomic E-state index is 0.254. The van der Waals surface area contributed by atoms with E-state index in [-0.39, 0.29) is 5.82 Å². The van der Waals surface area contributed by atoms with E-state index in [1.807, 2.05) is 30.3 Å². The molecule has 4 heteroatoms. The summed E-state index contributed by atoms with van der Waals surface area (Å²) < 4.78 is 13.9. The van der Waals surface area contributed by atoms with Gasteiger partial charge in [-0.25, -0.2) is 4.39 Å². The van der Waals surface area contributed by atoms with Gasteiger partial charge in [-0.05, 0) is 35.9 Å². The first-order valence-corrected chi connectivity index (χ1v) is 6.25. The van der Waals surface area contributed by atoms with Gasteiger partial charge >= 0.3 is 0 Å². The predicted molar refractivity (Wildman–Crippen MR) is 72.9 cm³/mol. The number of halogens is 3. The molecule has 0 atom stereocenters. The Kier molecular flexibility index (Phi) is 4.02. The quantitative estimate of drug-likeness (QED) is 0.853. The van der Waals surface area contributed by atoms with Crippen LogP contribution < -0.4 is 5.32 Å². The van der Waals surface area contributed by atoms with Crippen LogP contribution in [0.4, 0.5) is 10.1 Å². The van der Waals surface area contributed by atoms with Gasteiger partial charge in [0, 0.05) is 11.0 Å². The van der Waals surface area contributed by atoms with Crippen LogP contribution in [0.25, 0.3) is 0 Å². The van der Waals surface area contributed by atoms with Gasteiger partial charge in [0.1, 0.15) is 5.82 Å². The summed E-state index contributed by atoms with van der Waals surface area (Å²) in [6.45, 7) is 0.528. The second-order valence-corrected chi connectivity index (χ2v) is 4.93. The van der Waals surface area contributed by atoms with E-state index in [0.29, 0.717) is 11.6 Å². The molecular weight excluding hydrogens is 305 g/mol. The Balaban J connectivity index is 2.10. The molecule has 0 fully saturated rings. The van der Waals surface area contributed by atoms with Gasteiger partial charge in [0.2, 0.25) is 0 Å². The summed E-state index contributed by atoms with van der Waals surface area (Å²) in [5, 5.41) is 3.82. The number of hydrogen-bond acceptors (Lipinski definition) is 1. The molecule has 0 bridgehead atoms. The third kappa shape index (κ3) is 3.45. The lowest BCUT2D eigenvalue weighted by atomic mass is 10.2. The van der Waals surface area contributed by atoms with Crippen LogP contribution in [0.1, 0.15) is 5.56 Å². The minimum atomic E-state index is -0.254. The van der Waals surface area contributed by atoms with Gasteiger partial charge in [0.05, 0.1) is 10.7 Å². The fourth-order valence-electron chi connectivity index (χ4n) is 1.51. The maximum atomic E-state index is 13.1. The van der Waals surface area contributed by atoms with Crippen LogP contribution in [0.3, 0.4) is 0 Å². The number of rotatable bonds is 3. The van der Waals surface area contributed by atoms with Gasteiger partial charge in [0.25, 0.3) is 0 Å². The molecule has 0 spiro atoms. The van der Waals surface area contributed by atoms with Crippen molar-refractivity contribution in [2.45, 2.75) is 6.54 Å². The smallest absolute Gasteiger partial charge is 0.124 e. The standard InChI is InChI=1S/C13H10BrClFN/c14-10-5-9(6-11(16)7-10)8-17-13-4-2-1-3-12(13)15/h1-7,17H,8H2. The first kappa shape index (κ1) is 12.4. The minimum Gasteiger partial charge on any atom is -0.380 e. The highest BCUT2D eigenvalue weighted by Crippen LogP contribution is 2.22. The topological polar surface area (TPSA) is 12.0 Å². The van der Waals surface area contributed by atoms with Crippen molar-refractivity contribution in [2.75, 3.05) is 5.32 Å². The Bertz CT molecular complexity index is 510. The SMILES string of the molecule is Fc1cc(Br)cc(CNc2ccccc2Cl)c1. The van der Waals surface area contributed by atoms with E-state index in [4.69, 9.17) is 11.6 Å². The first-order chi connectivity index (χ1) is 8.15. The number of nitrogens with one attached hydrogen (secondary N) is 1. The number of anilines is 1. The molecule has 0 aliphatic carbocycles. The summed E-state index contributed by atoms with van der Waals surface area (Å²) in [6.07, 6.45) is 0. The molecule has 88 valence electrons. The third-order valence-electron chi connectivity index (χ3n) is 2.28. The molecule has 0 aromatic heterocycles. The average molecular weight is 315 g/mol. The van der Waals surface area contributed by atoms with Crippen molar-refractivity contribution in [3.8, 4) is 0 Å². The zero-order chi connectivity index (χ0) is 12.3. The van der Waals surface area contributed by atoms with Gasteiger partial charge < -0.3 is 5.32 Å². The van der Waals surface area contributed by atoms with Gasteiger partial charge in [-0.2, -0.15) is 0 Å². The molecule has 2 rings (SSSR count). The van der Waals surface area contributed by atoms with E-state index in [0.717, 1.165) is 15.7 Å². The zero-order valence-corrected chi connectivity index (χ0v) is 11.2. The van der Waals surface area contributed by atoms with Gasteiger partial charge in [-0.3, -0.25) is 0 Å². The monoisotopic (exact) mass is 313 g/mol. The van der Waals surface area contributed by atoms with Crippen LogP contribution in [-0.2, 0) is 6.54 Å². The van der Waals surface area contributed by atoms with Crippen molar-refractivity contribution >= 4 is 33.2 Å². The highest BCUT2D eigenvalue weighted by atomic mass is 79.9. The lowest BCUT2D eigenvalue weighted by Gasteiger charge is -2.08. The van der Waals surface area contributed by atoms with Gasteiger partial charge in [-0.1, -0.05) is 39.7 Å². The summed E-state index contributed by atoms with van der Waals surface area (Å²) in [5.74, 6) is -0.254. The fraction of sp³-hybridized carbons (Fsp3) is 0.0769. The Morgan fingerprint density at radius 2 is 1.94 bits per heavy atom. The normalized spacial score (nSPS) is 10.3. The van der Waals surface area contributed by atoms with Crippen LogP contribution in [0.15, 0.2) is 46.9 Å². The maximum absolute atomic E-state index is 13.1. The molecule has 0 aliphatic rings. The van der Waals surface area contributed by atoms with Crippen LogP contribution in [0.5, 0.6) is 0 Å². The molecule has 0 aliphatic heterocycles. The van der Waals surface area contributed by atoms with Gasteiger partial charge in [0.15, 0.2) is 0 Å². The zero-order valence-electron chi connectivity index (χ0n) is 8.88. The summed E-state index contributed by atoms with van der Waals surface area (Å²) in [7, 11) is 0. The van der Waals surface area contributed by atoms with Gasteiger partial charge in [-0.15, -0.1) is 0 Å². The van der Waals surface area contributed by atoms with E-state index >= 15 is 0 Å². The molecule has 0 amide bonds. The van der Waals surface area contributed by atoms with Crippen molar-refractivity contribution in [3.63, 3.8) is 0 Å². The molecule has 0 saturated heterocycles. The second kappa shape index (κ2) is 5.52. The molecule has 0 heterocycles. The summed E-state index contributed by atoms with van der Waals surface area (Å²) in [5.41, 5.74) is 1.70. The fourth-order valence-corrected chi connectivity index (χ4v) is 2.23. The van der Waals surface area contributed by atoms with E-state index in [2.05, 4.69) is 21.2 Å². The van der Waals surface area contributed by atoms with Crippen molar-refractivity contribution in [1.82, 2.24) is 0 Å². The first-order valence-electron chi connectivity index (χ1n) is 5.08. The highest BCUT2D eigenvalue weighted by molar-refractivity contribution is 9.10. The molecule has 1 N–H and O–H groups in total. The lowest BCUT2D eigenvalue weighted by Crippen LogP contribution is -2.00. The van der Waals surface area contributed by atoms with E-state index in [1.165, 1.54) is 12.1 Å².